The number of hydrogen-bond donors (Lipinski definition) is 1. The summed E-state index contributed by atoms with van der Waals surface area (Å²) in [6.07, 6.45) is -0.0367. The number of ether oxygens (including phenoxy) is 2. The van der Waals surface area contributed by atoms with Gasteiger partial charge < -0.3 is 14.8 Å². The zero-order valence-corrected chi connectivity index (χ0v) is 11.5. The molecule has 0 bridgehead atoms. The summed E-state index contributed by atoms with van der Waals surface area (Å²) < 4.78 is 23.6. The van der Waals surface area contributed by atoms with Gasteiger partial charge in [-0.2, -0.15) is 5.26 Å². The van der Waals surface area contributed by atoms with Gasteiger partial charge in [0.15, 0.2) is 6.10 Å². The van der Waals surface area contributed by atoms with Gasteiger partial charge in [-0.05, 0) is 25.5 Å². The van der Waals surface area contributed by atoms with E-state index in [9.17, 15) is 9.18 Å². The average Bonchev–Trinajstić information content (AvgIpc) is 2.43. The number of amides is 1. The smallest absolute Gasteiger partial charge is 0.260 e. The van der Waals surface area contributed by atoms with E-state index in [0.29, 0.717) is 19.6 Å². The van der Waals surface area contributed by atoms with Gasteiger partial charge in [0.2, 0.25) is 0 Å². The highest BCUT2D eigenvalue weighted by atomic mass is 19.1. The molecule has 1 aromatic carbocycles. The predicted molar refractivity (Wildman–Crippen MR) is 70.7 cm³/mol. The fourth-order valence-corrected chi connectivity index (χ4v) is 1.49. The summed E-state index contributed by atoms with van der Waals surface area (Å²) in [7, 11) is 1.59. The van der Waals surface area contributed by atoms with Crippen LogP contribution in [0.25, 0.3) is 0 Å². The second-order valence-corrected chi connectivity index (χ2v) is 4.15. The van der Waals surface area contributed by atoms with E-state index in [1.807, 2.05) is 0 Å². The van der Waals surface area contributed by atoms with Crippen molar-refractivity contribution >= 4 is 5.91 Å². The number of nitrogens with zero attached hydrogens (tertiary/aromatic N) is 1. The van der Waals surface area contributed by atoms with E-state index in [4.69, 9.17) is 14.7 Å². The normalized spacial score (nSPS) is 11.5. The van der Waals surface area contributed by atoms with Gasteiger partial charge in [-0.25, -0.2) is 4.39 Å². The lowest BCUT2D eigenvalue weighted by molar-refractivity contribution is -0.127. The molecular weight excluding hydrogens is 263 g/mol. The zero-order chi connectivity index (χ0) is 15.0. The van der Waals surface area contributed by atoms with Crippen LogP contribution in [0.4, 0.5) is 4.39 Å². The Bertz CT molecular complexity index is 500. The molecule has 20 heavy (non-hydrogen) atoms. The van der Waals surface area contributed by atoms with Crippen LogP contribution in [0.1, 0.15) is 18.9 Å². The van der Waals surface area contributed by atoms with E-state index in [1.165, 1.54) is 12.1 Å². The monoisotopic (exact) mass is 280 g/mol. The molecule has 1 N–H and O–H groups in total. The van der Waals surface area contributed by atoms with Crippen LogP contribution < -0.4 is 10.1 Å². The summed E-state index contributed by atoms with van der Waals surface area (Å²) in [5.74, 6) is -0.746. The van der Waals surface area contributed by atoms with Crippen molar-refractivity contribution in [2.45, 2.75) is 19.4 Å². The summed E-state index contributed by atoms with van der Waals surface area (Å²) in [6.45, 7) is 2.63. The van der Waals surface area contributed by atoms with Crippen molar-refractivity contribution in [2.24, 2.45) is 0 Å². The first-order valence-corrected chi connectivity index (χ1v) is 6.21. The number of carbonyl (C=O) groups excluding carboxylic acids is 1. The molecule has 1 atom stereocenters. The molecule has 0 aromatic heterocycles. The van der Waals surface area contributed by atoms with Gasteiger partial charge in [0.1, 0.15) is 17.6 Å². The van der Waals surface area contributed by atoms with Crippen LogP contribution in [0.5, 0.6) is 5.75 Å². The molecule has 1 unspecified atom stereocenters. The molecule has 108 valence electrons. The Labute approximate surface area is 117 Å². The third-order valence-corrected chi connectivity index (χ3v) is 2.57. The lowest BCUT2D eigenvalue weighted by atomic mass is 10.2. The van der Waals surface area contributed by atoms with Crippen LogP contribution in [0.15, 0.2) is 18.2 Å². The van der Waals surface area contributed by atoms with Crippen molar-refractivity contribution in [3.05, 3.63) is 29.6 Å². The molecule has 1 aromatic rings. The molecule has 1 rings (SSSR count). The minimum atomic E-state index is -0.745. The predicted octanol–water partition coefficient (Wildman–Crippen LogP) is 1.62. The number of benzene rings is 1. The van der Waals surface area contributed by atoms with E-state index >= 15 is 0 Å². The number of nitrogens with one attached hydrogen (secondary N) is 1. The van der Waals surface area contributed by atoms with Crippen LogP contribution >= 0.6 is 0 Å². The van der Waals surface area contributed by atoms with Crippen molar-refractivity contribution < 1.29 is 18.7 Å². The summed E-state index contributed by atoms with van der Waals surface area (Å²) >= 11 is 0. The van der Waals surface area contributed by atoms with Gasteiger partial charge in [-0.3, -0.25) is 4.79 Å². The Morgan fingerprint density at radius 3 is 2.90 bits per heavy atom. The SMILES string of the molecule is COCCCNC(=O)C(C)Oc1ccc(C#N)c(F)c1. The van der Waals surface area contributed by atoms with Crippen molar-refractivity contribution in [3.63, 3.8) is 0 Å². The third-order valence-electron chi connectivity index (χ3n) is 2.57. The molecule has 0 aliphatic carbocycles. The number of nitriles is 1. The maximum Gasteiger partial charge on any atom is 0.260 e. The molecule has 0 fully saturated rings. The van der Waals surface area contributed by atoms with Crippen LogP contribution in [-0.2, 0) is 9.53 Å². The van der Waals surface area contributed by atoms with Crippen molar-refractivity contribution in [1.82, 2.24) is 5.32 Å². The highest BCUT2D eigenvalue weighted by Gasteiger charge is 2.14. The van der Waals surface area contributed by atoms with Gasteiger partial charge >= 0.3 is 0 Å². The van der Waals surface area contributed by atoms with E-state index in [0.717, 1.165) is 6.07 Å². The van der Waals surface area contributed by atoms with Crippen molar-refractivity contribution in [1.29, 1.82) is 5.26 Å². The number of hydrogen-bond acceptors (Lipinski definition) is 4. The third kappa shape index (κ3) is 4.86. The van der Waals surface area contributed by atoms with Gasteiger partial charge in [0, 0.05) is 26.3 Å². The van der Waals surface area contributed by atoms with Crippen molar-refractivity contribution in [3.8, 4) is 11.8 Å². The van der Waals surface area contributed by atoms with E-state index < -0.39 is 11.9 Å². The summed E-state index contributed by atoms with van der Waals surface area (Å²) in [5, 5.41) is 11.3. The van der Waals surface area contributed by atoms with E-state index in [1.54, 1.807) is 20.1 Å². The molecule has 0 saturated heterocycles. The first-order chi connectivity index (χ1) is 9.58. The number of halogens is 1. The zero-order valence-electron chi connectivity index (χ0n) is 11.5. The summed E-state index contributed by atoms with van der Waals surface area (Å²) in [5.41, 5.74) is -0.0611. The van der Waals surface area contributed by atoms with Crippen LogP contribution in [-0.4, -0.2) is 32.3 Å². The van der Waals surface area contributed by atoms with E-state index in [-0.39, 0.29) is 17.2 Å². The minimum Gasteiger partial charge on any atom is -0.481 e. The molecule has 1 amide bonds. The van der Waals surface area contributed by atoms with Gasteiger partial charge in [0.05, 0.1) is 5.56 Å². The van der Waals surface area contributed by atoms with Gasteiger partial charge in [-0.15, -0.1) is 0 Å². The largest absolute Gasteiger partial charge is 0.481 e. The quantitative estimate of drug-likeness (QED) is 0.770. The molecule has 0 saturated carbocycles. The number of rotatable bonds is 7. The topological polar surface area (TPSA) is 71.3 Å². The Morgan fingerprint density at radius 1 is 1.55 bits per heavy atom. The first-order valence-electron chi connectivity index (χ1n) is 6.21. The maximum absolute atomic E-state index is 13.4. The highest BCUT2D eigenvalue weighted by molar-refractivity contribution is 5.80. The highest BCUT2D eigenvalue weighted by Crippen LogP contribution is 2.17. The molecule has 0 aliphatic rings. The molecule has 6 heteroatoms. The maximum atomic E-state index is 13.4. The molecule has 5 nitrogen and oxygen atoms in total. The van der Waals surface area contributed by atoms with Crippen LogP contribution in [0.2, 0.25) is 0 Å². The molecule has 0 heterocycles. The Hall–Kier alpha value is -2.13. The summed E-state index contributed by atoms with van der Waals surface area (Å²) in [4.78, 5) is 11.7. The fourth-order valence-electron chi connectivity index (χ4n) is 1.49. The van der Waals surface area contributed by atoms with Crippen LogP contribution in [0, 0.1) is 17.1 Å². The molecule has 0 radical (unpaired) electrons. The average molecular weight is 280 g/mol. The number of methoxy groups -OCH3 is 1. The summed E-state index contributed by atoms with van der Waals surface area (Å²) in [6, 6.07) is 5.58. The van der Waals surface area contributed by atoms with Gasteiger partial charge in [0.25, 0.3) is 5.91 Å². The fraction of sp³-hybridized carbons (Fsp3) is 0.429. The Morgan fingerprint density at radius 2 is 2.30 bits per heavy atom. The standard InChI is InChI=1S/C14H17FN2O3/c1-10(14(18)17-6-3-7-19-2)20-12-5-4-11(9-16)13(15)8-12/h4-5,8,10H,3,6-7H2,1-2H3,(H,17,18). The minimum absolute atomic E-state index is 0.0611. The second-order valence-electron chi connectivity index (χ2n) is 4.15. The first kappa shape index (κ1) is 15.9. The van der Waals surface area contributed by atoms with Crippen molar-refractivity contribution in [2.75, 3.05) is 20.3 Å². The van der Waals surface area contributed by atoms with Crippen LogP contribution in [0.3, 0.4) is 0 Å². The lowest BCUT2D eigenvalue weighted by Crippen LogP contribution is -2.37. The lowest BCUT2D eigenvalue weighted by Gasteiger charge is -2.14. The van der Waals surface area contributed by atoms with Gasteiger partial charge in [-0.1, -0.05) is 0 Å². The Balaban J connectivity index is 2.49. The number of carbonyl (C=O) groups is 1. The molecule has 0 aliphatic heterocycles. The second kappa shape index (κ2) is 8.12. The molecule has 0 spiro atoms. The Kier molecular flexibility index (Phi) is 6.47. The van der Waals surface area contributed by atoms with E-state index in [2.05, 4.69) is 5.32 Å². The molecular formula is C14H17FN2O3.